The summed E-state index contributed by atoms with van der Waals surface area (Å²) in [4.78, 5) is 16.4. The maximum Gasteiger partial charge on any atom is 0.227 e. The molecule has 2 aromatic carbocycles. The molecule has 28 heavy (non-hydrogen) atoms. The molecule has 0 spiro atoms. The Labute approximate surface area is 160 Å². The van der Waals surface area contributed by atoms with Crippen molar-refractivity contribution in [3.8, 4) is 17.1 Å². The number of methoxy groups -OCH3 is 1. The summed E-state index contributed by atoms with van der Waals surface area (Å²) in [6.45, 7) is 1.76. The number of ether oxygens (including phenoxy) is 1. The van der Waals surface area contributed by atoms with Crippen LogP contribution in [0.3, 0.4) is 0 Å². The molecular formula is C20H19F2N3O3. The average Bonchev–Trinajstić information content (AvgIpc) is 3.16. The van der Waals surface area contributed by atoms with E-state index in [1.165, 1.54) is 31.4 Å². The van der Waals surface area contributed by atoms with Crippen molar-refractivity contribution in [2.24, 2.45) is 0 Å². The zero-order valence-corrected chi connectivity index (χ0v) is 15.4. The van der Waals surface area contributed by atoms with Crippen LogP contribution < -0.4 is 10.1 Å². The number of carbonyl (C=O) groups excluding carboxylic acids is 1. The van der Waals surface area contributed by atoms with E-state index >= 15 is 0 Å². The molecule has 3 aromatic rings. The predicted molar refractivity (Wildman–Crippen MR) is 97.5 cm³/mol. The number of carbonyl (C=O) groups is 1. The molecule has 0 saturated heterocycles. The lowest BCUT2D eigenvalue weighted by Crippen LogP contribution is -2.26. The lowest BCUT2D eigenvalue weighted by atomic mass is 10.1. The first-order valence-electron chi connectivity index (χ1n) is 8.67. The van der Waals surface area contributed by atoms with E-state index in [2.05, 4.69) is 15.5 Å². The third-order valence-electron chi connectivity index (χ3n) is 4.19. The molecule has 0 aliphatic carbocycles. The fourth-order valence-electron chi connectivity index (χ4n) is 2.64. The second-order valence-electron chi connectivity index (χ2n) is 6.20. The molecule has 0 bridgehead atoms. The van der Waals surface area contributed by atoms with E-state index in [1.54, 1.807) is 25.1 Å². The van der Waals surface area contributed by atoms with Crippen molar-refractivity contribution in [3.05, 3.63) is 65.6 Å². The Morgan fingerprint density at radius 1 is 1.21 bits per heavy atom. The van der Waals surface area contributed by atoms with Gasteiger partial charge in [0.25, 0.3) is 0 Å². The van der Waals surface area contributed by atoms with Gasteiger partial charge in [0.05, 0.1) is 13.2 Å². The second kappa shape index (κ2) is 8.60. The zero-order chi connectivity index (χ0) is 20.1. The Kier molecular flexibility index (Phi) is 5.98. The van der Waals surface area contributed by atoms with Gasteiger partial charge in [-0.05, 0) is 48.9 Å². The quantitative estimate of drug-likeness (QED) is 0.667. The van der Waals surface area contributed by atoms with Crippen LogP contribution in [0, 0.1) is 11.6 Å². The zero-order valence-electron chi connectivity index (χ0n) is 15.4. The van der Waals surface area contributed by atoms with Crippen LogP contribution in [0.15, 0.2) is 47.0 Å². The number of hydrogen-bond donors (Lipinski definition) is 1. The number of benzene rings is 2. The summed E-state index contributed by atoms with van der Waals surface area (Å²) >= 11 is 0. The largest absolute Gasteiger partial charge is 0.494 e. The predicted octanol–water partition coefficient (Wildman–Crippen LogP) is 3.83. The summed E-state index contributed by atoms with van der Waals surface area (Å²) in [6, 6.07) is 9.88. The summed E-state index contributed by atoms with van der Waals surface area (Å²) in [5, 5.41) is 6.63. The van der Waals surface area contributed by atoms with Crippen molar-refractivity contribution in [1.29, 1.82) is 0 Å². The van der Waals surface area contributed by atoms with Gasteiger partial charge in [0.15, 0.2) is 11.6 Å². The molecule has 1 N–H and O–H groups in total. The third-order valence-corrected chi connectivity index (χ3v) is 4.19. The van der Waals surface area contributed by atoms with E-state index in [1.807, 2.05) is 0 Å². The van der Waals surface area contributed by atoms with Gasteiger partial charge >= 0.3 is 0 Å². The normalized spacial score (nSPS) is 11.9. The molecule has 0 unspecified atom stereocenters. The van der Waals surface area contributed by atoms with Gasteiger partial charge < -0.3 is 14.6 Å². The topological polar surface area (TPSA) is 77.2 Å². The van der Waals surface area contributed by atoms with Crippen LogP contribution in [0.1, 0.15) is 30.8 Å². The van der Waals surface area contributed by atoms with Gasteiger partial charge in [-0.3, -0.25) is 4.79 Å². The Morgan fingerprint density at radius 2 is 1.96 bits per heavy atom. The Hall–Kier alpha value is -3.29. The first-order valence-corrected chi connectivity index (χ1v) is 8.67. The highest BCUT2D eigenvalue weighted by Gasteiger charge is 2.14. The summed E-state index contributed by atoms with van der Waals surface area (Å²) in [5.74, 6) is -0.286. The van der Waals surface area contributed by atoms with Crippen molar-refractivity contribution in [1.82, 2.24) is 15.5 Å². The molecule has 3 rings (SSSR count). The highest BCUT2D eigenvalue weighted by molar-refractivity contribution is 5.76. The molecule has 8 heteroatoms. The minimum absolute atomic E-state index is 0.133. The average molecular weight is 387 g/mol. The van der Waals surface area contributed by atoms with Gasteiger partial charge in [-0.15, -0.1) is 0 Å². The molecule has 6 nitrogen and oxygen atoms in total. The van der Waals surface area contributed by atoms with Crippen LogP contribution in [0.2, 0.25) is 0 Å². The minimum Gasteiger partial charge on any atom is -0.494 e. The van der Waals surface area contributed by atoms with Crippen molar-refractivity contribution < 1.29 is 22.8 Å². The molecule has 1 atom stereocenters. The van der Waals surface area contributed by atoms with E-state index < -0.39 is 5.82 Å². The first-order chi connectivity index (χ1) is 13.5. The summed E-state index contributed by atoms with van der Waals surface area (Å²) in [5.41, 5.74) is 1.25. The number of rotatable bonds is 7. The molecular weight excluding hydrogens is 368 g/mol. The third kappa shape index (κ3) is 4.70. The number of amides is 1. The second-order valence-corrected chi connectivity index (χ2v) is 6.20. The monoisotopic (exact) mass is 387 g/mol. The summed E-state index contributed by atoms with van der Waals surface area (Å²) < 4.78 is 36.8. The van der Waals surface area contributed by atoms with Gasteiger partial charge in [0.2, 0.25) is 17.6 Å². The fourth-order valence-corrected chi connectivity index (χ4v) is 2.64. The van der Waals surface area contributed by atoms with Gasteiger partial charge in [0, 0.05) is 18.4 Å². The fraction of sp³-hybridized carbons (Fsp3) is 0.250. The van der Waals surface area contributed by atoms with Gasteiger partial charge in [-0.25, -0.2) is 8.78 Å². The van der Waals surface area contributed by atoms with E-state index in [0.717, 1.165) is 0 Å². The Balaban J connectivity index is 1.54. The van der Waals surface area contributed by atoms with Crippen molar-refractivity contribution in [2.45, 2.75) is 25.8 Å². The number of aryl methyl sites for hydroxylation is 1. The molecule has 0 saturated carbocycles. The maximum absolute atomic E-state index is 13.8. The van der Waals surface area contributed by atoms with Gasteiger partial charge in [-0.1, -0.05) is 11.2 Å². The van der Waals surface area contributed by atoms with Crippen LogP contribution in [0.25, 0.3) is 11.4 Å². The van der Waals surface area contributed by atoms with E-state index in [9.17, 15) is 13.6 Å². The minimum atomic E-state index is -0.486. The molecule has 0 aliphatic heterocycles. The van der Waals surface area contributed by atoms with Crippen LogP contribution in [0.5, 0.6) is 5.75 Å². The van der Waals surface area contributed by atoms with Crippen molar-refractivity contribution in [3.63, 3.8) is 0 Å². The van der Waals surface area contributed by atoms with Crippen molar-refractivity contribution >= 4 is 5.91 Å². The van der Waals surface area contributed by atoms with E-state index in [4.69, 9.17) is 9.26 Å². The maximum atomic E-state index is 13.8. The van der Waals surface area contributed by atoms with Crippen LogP contribution in [-0.4, -0.2) is 23.2 Å². The molecule has 1 heterocycles. The highest BCUT2D eigenvalue weighted by atomic mass is 19.1. The number of hydrogen-bond acceptors (Lipinski definition) is 5. The lowest BCUT2D eigenvalue weighted by molar-refractivity contribution is -0.121. The Bertz CT molecular complexity index is 958. The van der Waals surface area contributed by atoms with Gasteiger partial charge in [-0.2, -0.15) is 4.98 Å². The van der Waals surface area contributed by atoms with Crippen LogP contribution in [-0.2, 0) is 11.2 Å². The van der Waals surface area contributed by atoms with E-state index in [0.29, 0.717) is 22.8 Å². The Morgan fingerprint density at radius 3 is 2.64 bits per heavy atom. The highest BCUT2D eigenvalue weighted by Crippen LogP contribution is 2.22. The van der Waals surface area contributed by atoms with Crippen LogP contribution in [0.4, 0.5) is 8.78 Å². The lowest BCUT2D eigenvalue weighted by Gasteiger charge is -2.15. The summed E-state index contributed by atoms with van der Waals surface area (Å²) in [6.07, 6.45) is 0.387. The molecule has 0 radical (unpaired) electrons. The molecule has 1 aromatic heterocycles. The van der Waals surface area contributed by atoms with Crippen molar-refractivity contribution in [2.75, 3.05) is 7.11 Å². The standard InChI is InChI=1S/C20H19F2N3O3/c1-12(14-5-8-17(27-2)16(22)11-14)23-18(26)9-10-19-24-20(25-28-19)13-3-6-15(21)7-4-13/h3-8,11-12H,9-10H2,1-2H3,(H,23,26)/t12-/m0/s1. The number of nitrogens with zero attached hydrogens (tertiary/aromatic N) is 2. The van der Waals surface area contributed by atoms with Gasteiger partial charge in [0.1, 0.15) is 5.82 Å². The number of aromatic nitrogens is 2. The number of nitrogens with one attached hydrogen (secondary N) is 1. The smallest absolute Gasteiger partial charge is 0.227 e. The number of halogens is 2. The molecule has 0 aliphatic rings. The first kappa shape index (κ1) is 19.5. The molecule has 1 amide bonds. The molecule has 146 valence electrons. The summed E-state index contributed by atoms with van der Waals surface area (Å²) in [7, 11) is 1.39. The van der Waals surface area contributed by atoms with E-state index in [-0.39, 0.29) is 36.4 Å². The SMILES string of the molecule is COc1ccc([C@H](C)NC(=O)CCc2nc(-c3ccc(F)cc3)no2)cc1F. The molecule has 0 fully saturated rings. The van der Waals surface area contributed by atoms with Crippen LogP contribution >= 0.6 is 0 Å².